The van der Waals surface area contributed by atoms with Gasteiger partial charge in [-0.25, -0.2) is 0 Å². The van der Waals surface area contributed by atoms with Gasteiger partial charge in [0.1, 0.15) is 5.75 Å². The van der Waals surface area contributed by atoms with Crippen LogP contribution in [0.5, 0.6) is 5.75 Å². The number of benzene rings is 1. The van der Waals surface area contributed by atoms with E-state index in [1.54, 1.807) is 7.11 Å². The molecule has 1 saturated heterocycles. The van der Waals surface area contributed by atoms with E-state index < -0.39 is 0 Å². The minimum atomic E-state index is -0.183. The van der Waals surface area contributed by atoms with Gasteiger partial charge >= 0.3 is 0 Å². The lowest BCUT2D eigenvalue weighted by Gasteiger charge is -2.29. The van der Waals surface area contributed by atoms with Crippen molar-refractivity contribution in [3.8, 4) is 5.75 Å². The molecule has 1 amide bonds. The molecule has 0 aliphatic carbocycles. The molecule has 1 aromatic carbocycles. The number of likely N-dealkylation sites (N-methyl/N-ethyl adjacent to an activating group) is 1. The van der Waals surface area contributed by atoms with Crippen LogP contribution < -0.4 is 4.74 Å². The van der Waals surface area contributed by atoms with Gasteiger partial charge in [0, 0.05) is 13.1 Å². The number of likely N-dealkylation sites (tertiary alicyclic amines) is 1. The van der Waals surface area contributed by atoms with Gasteiger partial charge < -0.3 is 14.7 Å². The van der Waals surface area contributed by atoms with Crippen molar-refractivity contribution < 1.29 is 14.6 Å². The van der Waals surface area contributed by atoms with Crippen LogP contribution >= 0.6 is 0 Å². The van der Waals surface area contributed by atoms with E-state index in [0.29, 0.717) is 6.54 Å². The number of methoxy groups -OCH3 is 1. The molecule has 5 heteroatoms. The first-order valence-electron chi connectivity index (χ1n) is 8.38. The van der Waals surface area contributed by atoms with Gasteiger partial charge in [-0.3, -0.25) is 9.69 Å². The number of hydrogen-bond donors (Lipinski definition) is 1. The Morgan fingerprint density at radius 1 is 1.22 bits per heavy atom. The average molecular weight is 320 g/mol. The molecule has 0 bridgehead atoms. The number of carbonyl (C=O) groups excluding carboxylic acids is 1. The predicted molar refractivity (Wildman–Crippen MR) is 90.5 cm³/mol. The number of carbonyl (C=O) groups is 1. The van der Waals surface area contributed by atoms with Crippen molar-refractivity contribution in [3.63, 3.8) is 0 Å². The number of rotatable bonds is 6. The molecule has 23 heavy (non-hydrogen) atoms. The molecule has 128 valence electrons. The maximum Gasteiger partial charge on any atom is 0.236 e. The van der Waals surface area contributed by atoms with Gasteiger partial charge in [0.25, 0.3) is 0 Å². The third-order valence-corrected chi connectivity index (χ3v) is 4.55. The first-order valence-corrected chi connectivity index (χ1v) is 8.38. The lowest BCUT2D eigenvalue weighted by atomic mass is 10.1. The van der Waals surface area contributed by atoms with E-state index in [1.165, 1.54) is 12.8 Å². The van der Waals surface area contributed by atoms with Gasteiger partial charge in [0.2, 0.25) is 5.91 Å². The fourth-order valence-corrected chi connectivity index (χ4v) is 3.07. The molecule has 0 saturated carbocycles. The predicted octanol–water partition coefficient (Wildman–Crippen LogP) is 2.06. The normalized spacial score (nSPS) is 17.0. The van der Waals surface area contributed by atoms with Crippen molar-refractivity contribution in [1.29, 1.82) is 0 Å². The van der Waals surface area contributed by atoms with Crippen LogP contribution in [0.1, 0.15) is 37.3 Å². The number of amides is 1. The SMILES string of the molecule is COc1ccc(C(CO)N(C)CC(=O)N2CCCCCC2)cc1. The van der Waals surface area contributed by atoms with Gasteiger partial charge in [-0.2, -0.15) is 0 Å². The van der Waals surface area contributed by atoms with E-state index in [-0.39, 0.29) is 18.6 Å². The molecule has 1 fully saturated rings. The van der Waals surface area contributed by atoms with Gasteiger partial charge in [-0.15, -0.1) is 0 Å². The molecular weight excluding hydrogens is 292 g/mol. The summed E-state index contributed by atoms with van der Waals surface area (Å²) in [6, 6.07) is 7.45. The molecular formula is C18H28N2O3. The second-order valence-corrected chi connectivity index (χ2v) is 6.18. The molecule has 1 aromatic rings. The molecule has 0 radical (unpaired) electrons. The minimum absolute atomic E-state index is 0.0177. The summed E-state index contributed by atoms with van der Waals surface area (Å²) in [5.74, 6) is 0.940. The Labute approximate surface area is 138 Å². The molecule has 1 unspecified atom stereocenters. The smallest absolute Gasteiger partial charge is 0.236 e. The summed E-state index contributed by atoms with van der Waals surface area (Å²) in [6.45, 7) is 2.03. The molecule has 0 aromatic heterocycles. The fourth-order valence-electron chi connectivity index (χ4n) is 3.07. The summed E-state index contributed by atoms with van der Waals surface area (Å²) in [4.78, 5) is 16.4. The summed E-state index contributed by atoms with van der Waals surface area (Å²) in [7, 11) is 3.52. The maximum atomic E-state index is 12.5. The zero-order chi connectivity index (χ0) is 16.7. The highest BCUT2D eigenvalue weighted by Gasteiger charge is 2.22. The van der Waals surface area contributed by atoms with Crippen LogP contribution in [-0.4, -0.2) is 61.2 Å². The van der Waals surface area contributed by atoms with Crippen LogP contribution in [0.25, 0.3) is 0 Å². The van der Waals surface area contributed by atoms with Crippen molar-refractivity contribution in [2.24, 2.45) is 0 Å². The monoisotopic (exact) mass is 320 g/mol. The first kappa shape index (κ1) is 17.8. The Morgan fingerprint density at radius 2 is 1.83 bits per heavy atom. The van der Waals surface area contributed by atoms with E-state index in [4.69, 9.17) is 4.74 Å². The van der Waals surface area contributed by atoms with Gasteiger partial charge in [-0.05, 0) is 37.6 Å². The largest absolute Gasteiger partial charge is 0.497 e. The van der Waals surface area contributed by atoms with E-state index in [9.17, 15) is 9.90 Å². The van der Waals surface area contributed by atoms with Crippen LogP contribution in [0.15, 0.2) is 24.3 Å². The quantitative estimate of drug-likeness (QED) is 0.872. The summed E-state index contributed by atoms with van der Waals surface area (Å²) in [5.41, 5.74) is 0.986. The third kappa shape index (κ3) is 4.94. The Kier molecular flexibility index (Phi) is 6.86. The second-order valence-electron chi connectivity index (χ2n) is 6.18. The van der Waals surface area contributed by atoms with Crippen LogP contribution in [-0.2, 0) is 4.79 Å². The highest BCUT2D eigenvalue weighted by Crippen LogP contribution is 2.22. The van der Waals surface area contributed by atoms with E-state index in [0.717, 1.165) is 37.2 Å². The molecule has 1 atom stereocenters. The Hall–Kier alpha value is -1.59. The highest BCUT2D eigenvalue weighted by molar-refractivity contribution is 5.78. The summed E-state index contributed by atoms with van der Waals surface area (Å²) in [5, 5.41) is 9.75. The van der Waals surface area contributed by atoms with Crippen LogP contribution in [0.2, 0.25) is 0 Å². The molecule has 5 nitrogen and oxygen atoms in total. The maximum absolute atomic E-state index is 12.5. The Balaban J connectivity index is 1.97. The fraction of sp³-hybridized carbons (Fsp3) is 0.611. The van der Waals surface area contributed by atoms with E-state index >= 15 is 0 Å². The molecule has 0 spiro atoms. The first-order chi connectivity index (χ1) is 11.2. The average Bonchev–Trinajstić information content (AvgIpc) is 2.85. The van der Waals surface area contributed by atoms with Gasteiger partial charge in [0.05, 0.1) is 26.3 Å². The van der Waals surface area contributed by atoms with E-state index in [2.05, 4.69) is 0 Å². The van der Waals surface area contributed by atoms with Gasteiger partial charge in [-0.1, -0.05) is 25.0 Å². The van der Waals surface area contributed by atoms with Crippen LogP contribution in [0.4, 0.5) is 0 Å². The number of ether oxygens (including phenoxy) is 1. The summed E-state index contributed by atoms with van der Waals surface area (Å²) < 4.78 is 5.16. The molecule has 1 N–H and O–H groups in total. The minimum Gasteiger partial charge on any atom is -0.497 e. The molecule has 1 aliphatic rings. The zero-order valence-electron chi connectivity index (χ0n) is 14.2. The van der Waals surface area contributed by atoms with Crippen molar-refractivity contribution in [2.75, 3.05) is 40.4 Å². The summed E-state index contributed by atoms with van der Waals surface area (Å²) in [6.07, 6.45) is 4.62. The van der Waals surface area contributed by atoms with Crippen molar-refractivity contribution in [3.05, 3.63) is 29.8 Å². The van der Waals surface area contributed by atoms with Crippen molar-refractivity contribution in [1.82, 2.24) is 9.80 Å². The van der Waals surface area contributed by atoms with Crippen LogP contribution in [0.3, 0.4) is 0 Å². The number of hydrogen-bond acceptors (Lipinski definition) is 4. The Morgan fingerprint density at radius 3 is 2.35 bits per heavy atom. The zero-order valence-corrected chi connectivity index (χ0v) is 14.2. The van der Waals surface area contributed by atoms with Gasteiger partial charge in [0.15, 0.2) is 0 Å². The highest BCUT2D eigenvalue weighted by atomic mass is 16.5. The standard InChI is InChI=1S/C18H28N2O3/c1-19(13-18(22)20-11-5-3-4-6-12-20)17(14-21)15-7-9-16(23-2)10-8-15/h7-10,17,21H,3-6,11-14H2,1-2H3. The topological polar surface area (TPSA) is 53.0 Å². The molecule has 1 heterocycles. The number of nitrogens with zero attached hydrogens (tertiary/aromatic N) is 2. The van der Waals surface area contributed by atoms with E-state index in [1.807, 2.05) is 41.1 Å². The molecule has 2 rings (SSSR count). The third-order valence-electron chi connectivity index (χ3n) is 4.55. The van der Waals surface area contributed by atoms with Crippen molar-refractivity contribution >= 4 is 5.91 Å². The number of aliphatic hydroxyl groups is 1. The lowest BCUT2D eigenvalue weighted by molar-refractivity contribution is -0.132. The second kappa shape index (κ2) is 8.89. The lowest BCUT2D eigenvalue weighted by Crippen LogP contribution is -2.41. The summed E-state index contributed by atoms with van der Waals surface area (Å²) >= 11 is 0. The Bertz CT molecular complexity index is 482. The number of aliphatic hydroxyl groups excluding tert-OH is 1. The molecule has 1 aliphatic heterocycles. The van der Waals surface area contributed by atoms with Crippen LogP contribution in [0, 0.1) is 0 Å². The van der Waals surface area contributed by atoms with Crippen molar-refractivity contribution in [2.45, 2.75) is 31.7 Å².